The van der Waals surface area contributed by atoms with Crippen LogP contribution in [-0.4, -0.2) is 5.78 Å². The molecule has 0 spiro atoms. The fraction of sp³-hybridized carbons (Fsp3) is 0.133. The Bertz CT molecular complexity index is 407. The summed E-state index contributed by atoms with van der Waals surface area (Å²) in [6.07, 6.45) is 1.05. The van der Waals surface area contributed by atoms with Gasteiger partial charge in [-0.05, 0) is 11.1 Å². The van der Waals surface area contributed by atoms with E-state index in [0.717, 1.165) is 11.1 Å². The zero-order valence-electron chi connectivity index (χ0n) is 9.50. The van der Waals surface area contributed by atoms with Crippen molar-refractivity contribution in [3.8, 4) is 0 Å². The van der Waals surface area contributed by atoms with Crippen molar-refractivity contribution < 1.29 is 4.79 Å². The van der Waals surface area contributed by atoms with Gasteiger partial charge in [0.25, 0.3) is 0 Å². The van der Waals surface area contributed by atoms with Crippen molar-refractivity contribution >= 4 is 18.2 Å². The number of rotatable bonds is 4. The van der Waals surface area contributed by atoms with Crippen LogP contribution >= 0.6 is 12.4 Å². The predicted octanol–water partition coefficient (Wildman–Crippen LogP) is 3.46. The molecule has 1 nitrogen and oxygen atoms in total. The van der Waals surface area contributed by atoms with E-state index in [-0.39, 0.29) is 18.2 Å². The third-order valence-electron chi connectivity index (χ3n) is 2.49. The third kappa shape index (κ3) is 4.41. The molecule has 0 amide bonds. The maximum absolute atomic E-state index is 11.8. The summed E-state index contributed by atoms with van der Waals surface area (Å²) < 4.78 is 0. The molecule has 2 aromatic rings. The molecule has 2 rings (SSSR count). The molecule has 0 aliphatic rings. The van der Waals surface area contributed by atoms with E-state index in [1.165, 1.54) is 0 Å². The van der Waals surface area contributed by atoms with Gasteiger partial charge in [0.15, 0.2) is 0 Å². The van der Waals surface area contributed by atoms with Gasteiger partial charge in [0.05, 0.1) is 0 Å². The first-order chi connectivity index (χ1) is 7.84. The smallest absolute Gasteiger partial charge is 0.141 e. The van der Waals surface area contributed by atoms with Crippen molar-refractivity contribution in [3.05, 3.63) is 71.8 Å². The second kappa shape index (κ2) is 6.87. The third-order valence-corrected chi connectivity index (χ3v) is 2.49. The highest BCUT2D eigenvalue weighted by molar-refractivity contribution is 5.85. The van der Waals surface area contributed by atoms with Crippen LogP contribution < -0.4 is 0 Å². The Hall–Kier alpha value is -1.60. The highest BCUT2D eigenvalue weighted by atomic mass is 35.5. The van der Waals surface area contributed by atoms with Crippen LogP contribution in [0.4, 0.5) is 0 Å². The molecular weight excluding hydrogens is 232 g/mol. The van der Waals surface area contributed by atoms with Crippen molar-refractivity contribution in [1.82, 2.24) is 0 Å². The largest absolute Gasteiger partial charge is 0.299 e. The van der Waals surface area contributed by atoms with Gasteiger partial charge in [-0.25, -0.2) is 0 Å². The van der Waals surface area contributed by atoms with E-state index in [1.807, 2.05) is 60.7 Å². The van der Waals surface area contributed by atoms with Crippen LogP contribution in [0.5, 0.6) is 0 Å². The molecule has 0 atom stereocenters. The molecule has 0 N–H and O–H groups in total. The molecule has 0 saturated carbocycles. The van der Waals surface area contributed by atoms with Crippen LogP contribution in [0.15, 0.2) is 60.7 Å². The fourth-order valence-electron chi connectivity index (χ4n) is 1.71. The topological polar surface area (TPSA) is 17.1 Å². The minimum absolute atomic E-state index is 0. The summed E-state index contributed by atoms with van der Waals surface area (Å²) in [4.78, 5) is 11.8. The highest BCUT2D eigenvalue weighted by Crippen LogP contribution is 2.05. The van der Waals surface area contributed by atoms with Crippen LogP contribution in [0, 0.1) is 0 Å². The van der Waals surface area contributed by atoms with Crippen molar-refractivity contribution in [2.75, 3.05) is 0 Å². The molecule has 0 saturated heterocycles. The predicted molar refractivity (Wildman–Crippen MR) is 72.5 cm³/mol. The Balaban J connectivity index is 0.00000144. The summed E-state index contributed by atoms with van der Waals surface area (Å²) in [5.41, 5.74) is 2.17. The Kier molecular flexibility index (Phi) is 5.44. The van der Waals surface area contributed by atoms with Crippen LogP contribution in [0.3, 0.4) is 0 Å². The van der Waals surface area contributed by atoms with E-state index >= 15 is 0 Å². The van der Waals surface area contributed by atoms with Crippen LogP contribution in [0.25, 0.3) is 0 Å². The minimum Gasteiger partial charge on any atom is -0.299 e. The molecule has 0 radical (unpaired) electrons. The summed E-state index contributed by atoms with van der Waals surface area (Å²) in [5.74, 6) is 0.261. The fourth-order valence-corrected chi connectivity index (χ4v) is 1.71. The lowest BCUT2D eigenvalue weighted by Gasteiger charge is -2.01. The Labute approximate surface area is 108 Å². The molecule has 0 aliphatic heterocycles. The van der Waals surface area contributed by atoms with Crippen molar-refractivity contribution in [3.63, 3.8) is 0 Å². The van der Waals surface area contributed by atoms with E-state index in [4.69, 9.17) is 0 Å². The van der Waals surface area contributed by atoms with E-state index in [1.54, 1.807) is 0 Å². The average molecular weight is 247 g/mol. The molecule has 2 heteroatoms. The number of Topliss-reactive ketones (excluding diaryl/α,β-unsaturated/α-hetero) is 1. The molecular formula is C15H15ClO. The van der Waals surface area contributed by atoms with Gasteiger partial charge in [-0.1, -0.05) is 60.7 Å². The van der Waals surface area contributed by atoms with E-state index < -0.39 is 0 Å². The number of hydrogen-bond donors (Lipinski definition) is 0. The monoisotopic (exact) mass is 246 g/mol. The number of carbonyl (C=O) groups is 1. The lowest BCUT2D eigenvalue weighted by atomic mass is 10.0. The van der Waals surface area contributed by atoms with Crippen molar-refractivity contribution in [1.29, 1.82) is 0 Å². The van der Waals surface area contributed by atoms with Crippen molar-refractivity contribution in [2.24, 2.45) is 0 Å². The number of carbonyl (C=O) groups excluding carboxylic acids is 1. The second-order valence-corrected chi connectivity index (χ2v) is 3.86. The minimum atomic E-state index is 0. The molecule has 2 aromatic carbocycles. The van der Waals surface area contributed by atoms with Gasteiger partial charge in [-0.3, -0.25) is 4.79 Å². The van der Waals surface area contributed by atoms with Crippen LogP contribution in [-0.2, 0) is 17.6 Å². The number of hydrogen-bond acceptors (Lipinski definition) is 1. The standard InChI is InChI=1S/C15H14O.ClH/c16-15(11-13-7-3-1-4-8-13)12-14-9-5-2-6-10-14;/h1-10H,11-12H2;1H. The summed E-state index contributed by atoms with van der Waals surface area (Å²) >= 11 is 0. The average Bonchev–Trinajstić information content (AvgIpc) is 2.31. The molecule has 0 bridgehead atoms. The quantitative estimate of drug-likeness (QED) is 0.808. The normalized spacial score (nSPS) is 9.41. The zero-order valence-corrected chi connectivity index (χ0v) is 10.3. The maximum atomic E-state index is 11.8. The Morgan fingerprint density at radius 1 is 0.706 bits per heavy atom. The Morgan fingerprint density at radius 2 is 1.06 bits per heavy atom. The van der Waals surface area contributed by atoms with Crippen molar-refractivity contribution in [2.45, 2.75) is 12.8 Å². The number of halogens is 1. The SMILES string of the molecule is Cl.O=C(Cc1ccccc1)Cc1ccccc1. The lowest BCUT2D eigenvalue weighted by molar-refractivity contribution is -0.117. The molecule has 0 fully saturated rings. The van der Waals surface area contributed by atoms with Gasteiger partial charge in [-0.15, -0.1) is 12.4 Å². The van der Waals surface area contributed by atoms with Gasteiger partial charge >= 0.3 is 0 Å². The summed E-state index contributed by atoms with van der Waals surface area (Å²) in [6, 6.07) is 19.7. The summed E-state index contributed by atoms with van der Waals surface area (Å²) in [6.45, 7) is 0. The Morgan fingerprint density at radius 3 is 1.41 bits per heavy atom. The summed E-state index contributed by atoms with van der Waals surface area (Å²) in [7, 11) is 0. The summed E-state index contributed by atoms with van der Waals surface area (Å²) in [5, 5.41) is 0. The first kappa shape index (κ1) is 13.5. The number of benzene rings is 2. The van der Waals surface area contributed by atoms with Gasteiger partial charge in [0.2, 0.25) is 0 Å². The second-order valence-electron chi connectivity index (χ2n) is 3.86. The van der Waals surface area contributed by atoms with Crippen LogP contribution in [0.1, 0.15) is 11.1 Å². The molecule has 0 aromatic heterocycles. The maximum Gasteiger partial charge on any atom is 0.141 e. The van der Waals surface area contributed by atoms with E-state index in [9.17, 15) is 4.79 Å². The van der Waals surface area contributed by atoms with Gasteiger partial charge in [0.1, 0.15) is 5.78 Å². The van der Waals surface area contributed by atoms with Crippen LogP contribution in [0.2, 0.25) is 0 Å². The molecule has 88 valence electrons. The first-order valence-electron chi connectivity index (χ1n) is 5.44. The van der Waals surface area contributed by atoms with Gasteiger partial charge < -0.3 is 0 Å². The molecule has 0 unspecified atom stereocenters. The number of ketones is 1. The zero-order chi connectivity index (χ0) is 11.2. The molecule has 0 heterocycles. The molecule has 0 aliphatic carbocycles. The van der Waals surface area contributed by atoms with E-state index in [2.05, 4.69) is 0 Å². The lowest BCUT2D eigenvalue weighted by Crippen LogP contribution is -2.06. The van der Waals surface area contributed by atoms with Gasteiger partial charge in [0, 0.05) is 12.8 Å². The van der Waals surface area contributed by atoms with E-state index in [0.29, 0.717) is 12.8 Å². The van der Waals surface area contributed by atoms with Gasteiger partial charge in [-0.2, -0.15) is 0 Å². The first-order valence-corrected chi connectivity index (χ1v) is 5.44. The highest BCUT2D eigenvalue weighted by Gasteiger charge is 2.04. The molecule has 17 heavy (non-hydrogen) atoms.